The standard InChI is InChI=1S/C22H22FN3O2S2/c23-16-6-2-1-4-13(16)10-26(14-8-9-14)19(27)12-29-11-18-24-21(28)20-15-5-3-7-17(15)30-22(20)25-18/h1-2,4,6,14H,3,5,7-12H2,(H,24,25,28). The summed E-state index contributed by atoms with van der Waals surface area (Å²) in [6.07, 6.45) is 5.05. The van der Waals surface area contributed by atoms with Crippen LogP contribution in [-0.4, -0.2) is 32.6 Å². The summed E-state index contributed by atoms with van der Waals surface area (Å²) >= 11 is 3.06. The molecule has 1 aromatic carbocycles. The van der Waals surface area contributed by atoms with Crippen LogP contribution in [-0.2, 0) is 29.9 Å². The van der Waals surface area contributed by atoms with Gasteiger partial charge >= 0.3 is 0 Å². The number of nitrogens with zero attached hydrogens (tertiary/aromatic N) is 2. The zero-order valence-corrected chi connectivity index (χ0v) is 18.1. The van der Waals surface area contributed by atoms with Gasteiger partial charge < -0.3 is 9.88 Å². The largest absolute Gasteiger partial charge is 0.335 e. The third kappa shape index (κ3) is 3.90. The Kier molecular flexibility index (Phi) is 5.37. The molecule has 156 valence electrons. The number of rotatable bonds is 7. The number of fused-ring (bicyclic) bond motifs is 3. The second kappa shape index (κ2) is 8.15. The predicted molar refractivity (Wildman–Crippen MR) is 118 cm³/mol. The first kappa shape index (κ1) is 19.8. The number of halogens is 1. The Morgan fingerprint density at radius 3 is 2.93 bits per heavy atom. The lowest BCUT2D eigenvalue weighted by Crippen LogP contribution is -2.34. The number of H-pyrrole nitrogens is 1. The third-order valence-corrected chi connectivity index (χ3v) is 7.81. The molecule has 5 nitrogen and oxygen atoms in total. The molecule has 0 unspecified atom stereocenters. The van der Waals surface area contributed by atoms with Gasteiger partial charge in [0.2, 0.25) is 5.91 Å². The van der Waals surface area contributed by atoms with Gasteiger partial charge in [-0.3, -0.25) is 9.59 Å². The molecule has 1 N–H and O–H groups in total. The summed E-state index contributed by atoms with van der Waals surface area (Å²) in [5.74, 6) is 1.09. The number of aromatic amines is 1. The lowest BCUT2D eigenvalue weighted by Gasteiger charge is -2.22. The molecular weight excluding hydrogens is 421 g/mol. The Morgan fingerprint density at radius 2 is 2.13 bits per heavy atom. The van der Waals surface area contributed by atoms with Gasteiger partial charge in [0.05, 0.1) is 16.9 Å². The molecule has 5 rings (SSSR count). The number of aryl methyl sites for hydroxylation is 2. The topological polar surface area (TPSA) is 66.1 Å². The Bertz CT molecular complexity index is 1170. The van der Waals surface area contributed by atoms with E-state index >= 15 is 0 Å². The van der Waals surface area contributed by atoms with E-state index in [-0.39, 0.29) is 29.1 Å². The van der Waals surface area contributed by atoms with Gasteiger partial charge in [-0.1, -0.05) is 18.2 Å². The molecule has 2 aromatic heterocycles. The molecule has 1 amide bonds. The maximum atomic E-state index is 14.0. The van der Waals surface area contributed by atoms with Gasteiger partial charge in [0.25, 0.3) is 5.56 Å². The second-order valence-corrected chi connectivity index (χ2v) is 9.96. The normalized spacial score (nSPS) is 15.5. The van der Waals surface area contributed by atoms with Crippen LogP contribution in [0.4, 0.5) is 4.39 Å². The highest BCUT2D eigenvalue weighted by Gasteiger charge is 2.32. The van der Waals surface area contributed by atoms with Crippen LogP contribution in [0.25, 0.3) is 10.2 Å². The monoisotopic (exact) mass is 443 g/mol. The molecule has 0 spiro atoms. The van der Waals surface area contributed by atoms with Gasteiger partial charge in [-0.25, -0.2) is 9.37 Å². The van der Waals surface area contributed by atoms with Gasteiger partial charge in [-0.15, -0.1) is 23.1 Å². The van der Waals surface area contributed by atoms with Crippen LogP contribution in [0.3, 0.4) is 0 Å². The number of hydrogen-bond donors (Lipinski definition) is 1. The quantitative estimate of drug-likeness (QED) is 0.599. The first-order valence-electron chi connectivity index (χ1n) is 10.2. The molecule has 0 saturated heterocycles. The Balaban J connectivity index is 1.24. The second-order valence-electron chi connectivity index (χ2n) is 7.89. The molecule has 2 aliphatic carbocycles. The number of thiophene rings is 1. The summed E-state index contributed by atoms with van der Waals surface area (Å²) < 4.78 is 14.0. The Hall–Kier alpha value is -2.19. The molecule has 2 aliphatic rings. The SMILES string of the molecule is O=C(CSCc1nc2sc3c(c2c(=O)[nH]1)CCC3)N(Cc1ccccc1F)C1CC1. The predicted octanol–water partition coefficient (Wildman–Crippen LogP) is 4.04. The van der Waals surface area contributed by atoms with Crippen molar-refractivity contribution in [3.05, 3.63) is 62.3 Å². The number of carbonyl (C=O) groups excluding carboxylic acids is 1. The fraction of sp³-hybridized carbons (Fsp3) is 0.409. The minimum Gasteiger partial charge on any atom is -0.335 e. The number of carbonyl (C=O) groups is 1. The van der Waals surface area contributed by atoms with E-state index in [0.717, 1.165) is 42.3 Å². The van der Waals surface area contributed by atoms with Gasteiger partial charge in [0.15, 0.2) is 0 Å². The molecule has 0 bridgehead atoms. The summed E-state index contributed by atoms with van der Waals surface area (Å²) in [6.45, 7) is 0.304. The number of hydrogen-bond acceptors (Lipinski definition) is 5. The first-order valence-corrected chi connectivity index (χ1v) is 12.2. The third-order valence-electron chi connectivity index (χ3n) is 5.69. The van der Waals surface area contributed by atoms with Crippen molar-refractivity contribution in [3.63, 3.8) is 0 Å². The lowest BCUT2D eigenvalue weighted by atomic mass is 10.2. The summed E-state index contributed by atoms with van der Waals surface area (Å²) in [5, 5.41) is 0.752. The average molecular weight is 444 g/mol. The van der Waals surface area contributed by atoms with Crippen LogP contribution in [0.2, 0.25) is 0 Å². The van der Waals surface area contributed by atoms with E-state index in [9.17, 15) is 14.0 Å². The minimum absolute atomic E-state index is 0.00396. The van der Waals surface area contributed by atoms with Gasteiger partial charge in [0, 0.05) is 23.0 Å². The van der Waals surface area contributed by atoms with E-state index in [2.05, 4.69) is 9.97 Å². The van der Waals surface area contributed by atoms with Crippen LogP contribution in [0.5, 0.6) is 0 Å². The van der Waals surface area contributed by atoms with Crippen molar-refractivity contribution < 1.29 is 9.18 Å². The highest BCUT2D eigenvalue weighted by molar-refractivity contribution is 7.99. The van der Waals surface area contributed by atoms with Crippen molar-refractivity contribution in [1.82, 2.24) is 14.9 Å². The van der Waals surface area contributed by atoms with Crippen LogP contribution in [0.15, 0.2) is 29.1 Å². The van der Waals surface area contributed by atoms with Crippen LogP contribution < -0.4 is 5.56 Å². The molecule has 8 heteroatoms. The molecule has 0 atom stereocenters. The van der Waals surface area contributed by atoms with Gasteiger partial charge in [-0.2, -0.15) is 0 Å². The van der Waals surface area contributed by atoms with Crippen molar-refractivity contribution in [2.45, 2.75) is 50.4 Å². The molecule has 1 fully saturated rings. The van der Waals surface area contributed by atoms with Crippen molar-refractivity contribution in [2.24, 2.45) is 0 Å². The highest BCUT2D eigenvalue weighted by Crippen LogP contribution is 2.34. The van der Waals surface area contributed by atoms with E-state index in [1.165, 1.54) is 28.3 Å². The molecule has 0 aliphatic heterocycles. The van der Waals surface area contributed by atoms with Gasteiger partial charge in [-0.05, 0) is 43.7 Å². The van der Waals surface area contributed by atoms with Crippen molar-refractivity contribution in [1.29, 1.82) is 0 Å². The van der Waals surface area contributed by atoms with E-state index < -0.39 is 0 Å². The van der Waals surface area contributed by atoms with Gasteiger partial charge in [0.1, 0.15) is 16.5 Å². The maximum Gasteiger partial charge on any atom is 0.259 e. The number of benzene rings is 1. The minimum atomic E-state index is -0.276. The highest BCUT2D eigenvalue weighted by atomic mass is 32.2. The van der Waals surface area contributed by atoms with Crippen molar-refractivity contribution in [2.75, 3.05) is 5.75 Å². The summed E-state index contributed by atoms with van der Waals surface area (Å²) in [5.41, 5.74) is 1.65. The first-order chi connectivity index (χ1) is 14.6. The zero-order chi connectivity index (χ0) is 20.7. The van der Waals surface area contributed by atoms with E-state index in [1.807, 2.05) is 0 Å². The fourth-order valence-corrected chi connectivity index (χ4v) is 6.10. The summed E-state index contributed by atoms with van der Waals surface area (Å²) in [7, 11) is 0. The summed E-state index contributed by atoms with van der Waals surface area (Å²) in [6, 6.07) is 6.82. The van der Waals surface area contributed by atoms with Crippen LogP contribution >= 0.6 is 23.1 Å². The molecule has 1 saturated carbocycles. The molecule has 30 heavy (non-hydrogen) atoms. The molecule has 0 radical (unpaired) electrons. The molecular formula is C22H22FN3O2S2. The molecule has 2 heterocycles. The number of amides is 1. The number of thioether (sulfide) groups is 1. The average Bonchev–Trinajstić information content (AvgIpc) is 3.35. The fourth-order valence-electron chi connectivity index (χ4n) is 4.05. The van der Waals surface area contributed by atoms with E-state index in [4.69, 9.17) is 0 Å². The maximum absolute atomic E-state index is 14.0. The summed E-state index contributed by atoms with van der Waals surface area (Å²) in [4.78, 5) is 36.8. The van der Waals surface area contributed by atoms with Crippen LogP contribution in [0.1, 0.15) is 41.1 Å². The van der Waals surface area contributed by atoms with E-state index in [1.54, 1.807) is 34.4 Å². The Morgan fingerprint density at radius 1 is 1.30 bits per heavy atom. The Labute approximate surface area is 181 Å². The number of nitrogens with one attached hydrogen (secondary N) is 1. The number of aromatic nitrogens is 2. The zero-order valence-electron chi connectivity index (χ0n) is 16.4. The van der Waals surface area contributed by atoms with Crippen molar-refractivity contribution in [3.8, 4) is 0 Å². The molecule has 3 aromatic rings. The lowest BCUT2D eigenvalue weighted by molar-refractivity contribution is -0.129. The van der Waals surface area contributed by atoms with Crippen LogP contribution in [0, 0.1) is 5.82 Å². The van der Waals surface area contributed by atoms with E-state index in [0.29, 0.717) is 23.7 Å². The van der Waals surface area contributed by atoms with Crippen molar-refractivity contribution >= 4 is 39.2 Å². The smallest absolute Gasteiger partial charge is 0.259 e.